The molecule has 0 bridgehead atoms. The van der Waals surface area contributed by atoms with E-state index in [1.807, 2.05) is 6.07 Å². The Bertz CT molecular complexity index is 689. The number of carboxylic acids is 1. The molecule has 1 aliphatic heterocycles. The van der Waals surface area contributed by atoms with Crippen LogP contribution in [0, 0.1) is 0 Å². The van der Waals surface area contributed by atoms with Gasteiger partial charge in [0.15, 0.2) is 0 Å². The fourth-order valence-corrected chi connectivity index (χ4v) is 3.34. The second-order valence-electron chi connectivity index (χ2n) is 5.98. The van der Waals surface area contributed by atoms with E-state index in [-0.39, 0.29) is 0 Å². The third-order valence-electron chi connectivity index (χ3n) is 4.49. The molecule has 0 spiro atoms. The maximum Gasteiger partial charge on any atom is 0.336 e. The van der Waals surface area contributed by atoms with Crippen molar-refractivity contribution in [3.05, 3.63) is 35.5 Å². The lowest BCUT2D eigenvalue weighted by molar-refractivity contribution is 0.0699. The number of nitrogens with two attached hydrogens (primary N) is 1. The lowest BCUT2D eigenvalue weighted by Crippen LogP contribution is -2.44. The van der Waals surface area contributed by atoms with Crippen molar-refractivity contribution in [2.24, 2.45) is 5.73 Å². The van der Waals surface area contributed by atoms with Gasteiger partial charge in [-0.25, -0.2) is 4.79 Å². The SMILES string of the molecule is NCCn1cc(CCN2CCNCC2)c2c(C(=O)O)cccc21. The highest BCUT2D eigenvalue weighted by Crippen LogP contribution is 2.26. The molecule has 0 saturated carbocycles. The molecule has 6 nitrogen and oxygen atoms in total. The number of rotatable bonds is 6. The Balaban J connectivity index is 1.92. The van der Waals surface area contributed by atoms with Gasteiger partial charge >= 0.3 is 5.97 Å². The molecule has 0 amide bonds. The van der Waals surface area contributed by atoms with Crippen LogP contribution in [0.15, 0.2) is 24.4 Å². The van der Waals surface area contributed by atoms with Crippen molar-refractivity contribution < 1.29 is 9.90 Å². The number of fused-ring (bicyclic) bond motifs is 1. The van der Waals surface area contributed by atoms with Gasteiger partial charge in [-0.1, -0.05) is 6.07 Å². The Labute approximate surface area is 135 Å². The van der Waals surface area contributed by atoms with E-state index in [4.69, 9.17) is 5.73 Å². The maximum absolute atomic E-state index is 11.6. The molecule has 2 aromatic rings. The van der Waals surface area contributed by atoms with E-state index in [9.17, 15) is 9.90 Å². The first kappa shape index (κ1) is 16.0. The minimum atomic E-state index is -0.871. The maximum atomic E-state index is 11.6. The van der Waals surface area contributed by atoms with E-state index in [1.165, 1.54) is 0 Å². The lowest BCUT2D eigenvalue weighted by Gasteiger charge is -2.27. The fourth-order valence-electron chi connectivity index (χ4n) is 3.34. The highest BCUT2D eigenvalue weighted by atomic mass is 16.4. The van der Waals surface area contributed by atoms with E-state index in [0.717, 1.165) is 55.6 Å². The summed E-state index contributed by atoms with van der Waals surface area (Å²) in [5, 5.41) is 13.7. The van der Waals surface area contributed by atoms with Crippen molar-refractivity contribution in [3.8, 4) is 0 Å². The number of aromatic carboxylic acids is 1. The third-order valence-corrected chi connectivity index (χ3v) is 4.49. The first-order valence-electron chi connectivity index (χ1n) is 8.18. The number of hydrogen-bond donors (Lipinski definition) is 3. The lowest BCUT2D eigenvalue weighted by atomic mass is 10.0. The first-order valence-corrected chi connectivity index (χ1v) is 8.18. The summed E-state index contributed by atoms with van der Waals surface area (Å²) in [5.74, 6) is -0.871. The summed E-state index contributed by atoms with van der Waals surface area (Å²) in [6, 6.07) is 5.47. The molecule has 4 N–H and O–H groups in total. The zero-order valence-corrected chi connectivity index (χ0v) is 13.3. The smallest absolute Gasteiger partial charge is 0.336 e. The molecule has 1 saturated heterocycles. The van der Waals surface area contributed by atoms with Crippen LogP contribution in [0.1, 0.15) is 15.9 Å². The molecule has 6 heteroatoms. The molecule has 2 heterocycles. The highest BCUT2D eigenvalue weighted by molar-refractivity contribution is 6.04. The summed E-state index contributed by atoms with van der Waals surface area (Å²) in [5.41, 5.74) is 8.15. The average molecular weight is 316 g/mol. The number of aromatic nitrogens is 1. The van der Waals surface area contributed by atoms with Crippen LogP contribution in [0.5, 0.6) is 0 Å². The van der Waals surface area contributed by atoms with Crippen molar-refractivity contribution >= 4 is 16.9 Å². The van der Waals surface area contributed by atoms with Crippen molar-refractivity contribution in [2.45, 2.75) is 13.0 Å². The molecule has 3 rings (SSSR count). The molecule has 1 aliphatic rings. The Kier molecular flexibility index (Phi) is 4.95. The standard InChI is InChI=1S/C17H24N4O2/c18-5-9-21-12-13(4-8-20-10-6-19-7-11-20)16-14(17(22)23)2-1-3-15(16)21/h1-3,12,19H,4-11,18H2,(H,22,23). The largest absolute Gasteiger partial charge is 0.478 e. The molecule has 0 unspecified atom stereocenters. The second-order valence-corrected chi connectivity index (χ2v) is 5.98. The molecule has 1 aromatic carbocycles. The van der Waals surface area contributed by atoms with E-state index in [0.29, 0.717) is 18.7 Å². The minimum Gasteiger partial charge on any atom is -0.478 e. The van der Waals surface area contributed by atoms with Crippen LogP contribution in [-0.2, 0) is 13.0 Å². The number of carboxylic acid groups (broad SMARTS) is 1. The summed E-state index contributed by atoms with van der Waals surface area (Å²) in [6.07, 6.45) is 2.94. The molecular formula is C17H24N4O2. The Hall–Kier alpha value is -1.89. The predicted octanol–water partition coefficient (Wildman–Crippen LogP) is 0.746. The quantitative estimate of drug-likeness (QED) is 0.732. The van der Waals surface area contributed by atoms with Gasteiger partial charge < -0.3 is 25.6 Å². The molecule has 23 heavy (non-hydrogen) atoms. The zero-order valence-electron chi connectivity index (χ0n) is 13.3. The summed E-state index contributed by atoms with van der Waals surface area (Å²) in [7, 11) is 0. The summed E-state index contributed by atoms with van der Waals surface area (Å²) in [4.78, 5) is 14.0. The van der Waals surface area contributed by atoms with Crippen molar-refractivity contribution in [1.29, 1.82) is 0 Å². The number of benzene rings is 1. The van der Waals surface area contributed by atoms with Crippen LogP contribution >= 0.6 is 0 Å². The monoisotopic (exact) mass is 316 g/mol. The van der Waals surface area contributed by atoms with Crippen LogP contribution in [0.2, 0.25) is 0 Å². The summed E-state index contributed by atoms with van der Waals surface area (Å²) < 4.78 is 2.08. The van der Waals surface area contributed by atoms with Gasteiger partial charge in [0.2, 0.25) is 0 Å². The fraction of sp³-hybridized carbons (Fsp3) is 0.471. The Morgan fingerprint density at radius 2 is 2.04 bits per heavy atom. The van der Waals surface area contributed by atoms with Crippen molar-refractivity contribution in [2.75, 3.05) is 39.3 Å². The summed E-state index contributed by atoms with van der Waals surface area (Å²) >= 11 is 0. The molecule has 124 valence electrons. The summed E-state index contributed by atoms with van der Waals surface area (Å²) in [6.45, 7) is 6.34. The zero-order chi connectivity index (χ0) is 16.2. The molecule has 1 fully saturated rings. The van der Waals surface area contributed by atoms with Gasteiger partial charge in [-0.05, 0) is 24.1 Å². The normalized spacial score (nSPS) is 16.0. The third kappa shape index (κ3) is 3.39. The minimum absolute atomic E-state index is 0.383. The van der Waals surface area contributed by atoms with Gasteiger partial charge in [0.05, 0.1) is 5.56 Å². The molecule has 0 aliphatic carbocycles. The number of carbonyl (C=O) groups is 1. The van der Waals surface area contributed by atoms with Crippen molar-refractivity contribution in [1.82, 2.24) is 14.8 Å². The van der Waals surface area contributed by atoms with Crippen LogP contribution in [0.4, 0.5) is 0 Å². The topological polar surface area (TPSA) is 83.5 Å². The number of nitrogens with zero attached hydrogens (tertiary/aromatic N) is 2. The molecule has 0 radical (unpaired) electrons. The van der Waals surface area contributed by atoms with Crippen LogP contribution in [-0.4, -0.2) is 59.8 Å². The van der Waals surface area contributed by atoms with Crippen LogP contribution in [0.3, 0.4) is 0 Å². The van der Waals surface area contributed by atoms with Gasteiger partial charge in [0, 0.05) is 62.9 Å². The predicted molar refractivity (Wildman–Crippen MR) is 91.0 cm³/mol. The van der Waals surface area contributed by atoms with Crippen LogP contribution in [0.25, 0.3) is 10.9 Å². The number of nitrogens with one attached hydrogen (secondary N) is 1. The van der Waals surface area contributed by atoms with Crippen molar-refractivity contribution in [3.63, 3.8) is 0 Å². The molecule has 1 aromatic heterocycles. The first-order chi connectivity index (χ1) is 11.2. The van der Waals surface area contributed by atoms with E-state index in [1.54, 1.807) is 12.1 Å². The van der Waals surface area contributed by atoms with Gasteiger partial charge in [-0.3, -0.25) is 0 Å². The van der Waals surface area contributed by atoms with Gasteiger partial charge in [-0.2, -0.15) is 0 Å². The Morgan fingerprint density at radius 1 is 1.26 bits per heavy atom. The highest BCUT2D eigenvalue weighted by Gasteiger charge is 2.17. The van der Waals surface area contributed by atoms with E-state index >= 15 is 0 Å². The number of piperazine rings is 1. The van der Waals surface area contributed by atoms with Gasteiger partial charge in [-0.15, -0.1) is 0 Å². The molecule has 0 atom stereocenters. The van der Waals surface area contributed by atoms with Crippen LogP contribution < -0.4 is 11.1 Å². The van der Waals surface area contributed by atoms with E-state index in [2.05, 4.69) is 21.0 Å². The Morgan fingerprint density at radius 3 is 2.74 bits per heavy atom. The molecular weight excluding hydrogens is 292 g/mol. The number of hydrogen-bond acceptors (Lipinski definition) is 4. The average Bonchev–Trinajstić information content (AvgIpc) is 2.92. The van der Waals surface area contributed by atoms with Gasteiger partial charge in [0.1, 0.15) is 0 Å². The van der Waals surface area contributed by atoms with Gasteiger partial charge in [0.25, 0.3) is 0 Å². The van der Waals surface area contributed by atoms with E-state index < -0.39 is 5.97 Å². The second kappa shape index (κ2) is 7.12.